The summed E-state index contributed by atoms with van der Waals surface area (Å²) in [5, 5.41) is 61.7. The quantitative estimate of drug-likeness (QED) is 0.0762. The molecule has 40 heavy (non-hydrogen) atoms. The van der Waals surface area contributed by atoms with Crippen molar-refractivity contribution < 1.29 is 102 Å². The fourth-order valence-corrected chi connectivity index (χ4v) is 1.05. The molecule has 0 aromatic carbocycles. The van der Waals surface area contributed by atoms with Crippen molar-refractivity contribution in [2.45, 2.75) is 52.4 Å². The fourth-order valence-electron chi connectivity index (χ4n) is 1.05. The van der Waals surface area contributed by atoms with Gasteiger partial charge in [-0.25, -0.2) is 16.9 Å². The summed E-state index contributed by atoms with van der Waals surface area (Å²) < 4.78 is 0. The van der Waals surface area contributed by atoms with Crippen molar-refractivity contribution in [2.24, 2.45) is 5.90 Å². The van der Waals surface area contributed by atoms with Gasteiger partial charge in [0.1, 0.15) is 0 Å². The van der Waals surface area contributed by atoms with Gasteiger partial charge in [-0.1, -0.05) is 0 Å². The Labute approximate surface area is 224 Å². The SMILES string of the molecule is CC(=O)NO.CC(=O)O.NO.O.O.O.O.O=C(O)CCC(=O)NO.O=C(O)CCC(=O)O.O=C1CCC(=O)N1O. The Morgan fingerprint density at radius 2 is 0.900 bits per heavy atom. The number of carbonyl (C=O) groups is 8. The summed E-state index contributed by atoms with van der Waals surface area (Å²) in [6.45, 7) is 2.31. The first-order valence-electron chi connectivity index (χ1n) is 9.00. The number of nitrogens with one attached hydrogen (secondary N) is 2. The maximum absolute atomic E-state index is 10.2. The summed E-state index contributed by atoms with van der Waals surface area (Å²) in [4.78, 5) is 78.1. The lowest BCUT2D eigenvalue weighted by atomic mass is 10.3. The van der Waals surface area contributed by atoms with Crippen LogP contribution in [0.3, 0.4) is 0 Å². The van der Waals surface area contributed by atoms with Crippen molar-refractivity contribution in [3.05, 3.63) is 0 Å². The molecule has 4 amide bonds. The third kappa shape index (κ3) is 69.9. The molecule has 24 heteroatoms. The van der Waals surface area contributed by atoms with Crippen molar-refractivity contribution in [1.82, 2.24) is 16.0 Å². The second-order valence-corrected chi connectivity index (χ2v) is 5.50. The van der Waals surface area contributed by atoms with E-state index in [1.165, 1.54) is 17.9 Å². The molecule has 1 fully saturated rings. The zero-order chi connectivity index (χ0) is 29.9. The van der Waals surface area contributed by atoms with Crippen molar-refractivity contribution in [1.29, 1.82) is 0 Å². The van der Waals surface area contributed by atoms with Crippen LogP contribution in [0.2, 0.25) is 0 Å². The molecule has 1 heterocycles. The zero-order valence-corrected chi connectivity index (χ0v) is 21.1. The molecule has 242 valence electrons. The van der Waals surface area contributed by atoms with E-state index in [1.54, 1.807) is 0 Å². The monoisotopic (exact) mass is 606 g/mol. The molecular weight excluding hydrogens is 568 g/mol. The lowest BCUT2D eigenvalue weighted by Crippen LogP contribution is -2.24. The van der Waals surface area contributed by atoms with E-state index in [1.807, 2.05) is 0 Å². The number of hydrogen-bond acceptors (Lipinski definition) is 13. The van der Waals surface area contributed by atoms with E-state index in [2.05, 4.69) is 5.90 Å². The molecule has 0 aromatic rings. The maximum Gasteiger partial charge on any atom is 0.303 e. The molecule has 0 spiro atoms. The van der Waals surface area contributed by atoms with Crippen LogP contribution >= 0.6 is 0 Å². The molecule has 1 aliphatic rings. The molecule has 0 aliphatic carbocycles. The highest BCUT2D eigenvalue weighted by atomic mass is 16.5. The van der Waals surface area contributed by atoms with Gasteiger partial charge in [-0.2, -0.15) is 5.06 Å². The topological polar surface area (TPSA) is 478 Å². The molecule has 0 unspecified atom stereocenters. The van der Waals surface area contributed by atoms with Gasteiger partial charge in [0.2, 0.25) is 11.8 Å². The van der Waals surface area contributed by atoms with E-state index in [9.17, 15) is 33.6 Å². The highest BCUT2D eigenvalue weighted by Crippen LogP contribution is 2.07. The van der Waals surface area contributed by atoms with Gasteiger partial charge in [0, 0.05) is 33.1 Å². The minimum absolute atomic E-state index is 0. The average Bonchev–Trinajstić information content (AvgIpc) is 3.09. The number of nitrogens with two attached hydrogens (primary N) is 1. The number of nitrogens with zero attached hydrogens (tertiary/aromatic N) is 1. The Kier molecular flexibility index (Phi) is 62.8. The minimum atomic E-state index is -1.08. The third-order valence-electron chi connectivity index (χ3n) is 2.43. The lowest BCUT2D eigenvalue weighted by molar-refractivity contribution is -0.171. The molecule has 0 atom stereocenters. The van der Waals surface area contributed by atoms with Crippen molar-refractivity contribution >= 4 is 47.5 Å². The first-order chi connectivity index (χ1) is 16.5. The molecule has 1 saturated heterocycles. The zero-order valence-electron chi connectivity index (χ0n) is 21.1. The van der Waals surface area contributed by atoms with Crippen LogP contribution in [0.25, 0.3) is 0 Å². The van der Waals surface area contributed by atoms with Crippen LogP contribution < -0.4 is 16.9 Å². The van der Waals surface area contributed by atoms with E-state index in [0.717, 1.165) is 6.92 Å². The molecule has 0 bridgehead atoms. The summed E-state index contributed by atoms with van der Waals surface area (Å²) >= 11 is 0. The van der Waals surface area contributed by atoms with E-state index >= 15 is 0 Å². The predicted molar refractivity (Wildman–Crippen MR) is 124 cm³/mol. The second-order valence-electron chi connectivity index (χ2n) is 5.50. The van der Waals surface area contributed by atoms with Crippen molar-refractivity contribution in [3.8, 4) is 0 Å². The van der Waals surface area contributed by atoms with Gasteiger partial charge in [-0.15, -0.1) is 0 Å². The van der Waals surface area contributed by atoms with E-state index in [0.29, 0.717) is 0 Å². The van der Waals surface area contributed by atoms with Crippen molar-refractivity contribution in [3.63, 3.8) is 0 Å². The number of hydrogen-bond donors (Lipinski definition) is 11. The van der Waals surface area contributed by atoms with Crippen LogP contribution in [-0.4, -0.2) is 116 Å². The number of aliphatic carboxylic acids is 4. The minimum Gasteiger partial charge on any atom is -0.481 e. The van der Waals surface area contributed by atoms with Crippen LogP contribution in [-0.2, 0) is 38.4 Å². The first kappa shape index (κ1) is 60.2. The van der Waals surface area contributed by atoms with Gasteiger partial charge < -0.3 is 47.5 Å². The van der Waals surface area contributed by atoms with E-state index < -0.39 is 47.5 Å². The Morgan fingerprint density at radius 1 is 0.675 bits per heavy atom. The lowest BCUT2D eigenvalue weighted by Gasteiger charge is -1.98. The number of carboxylic acids is 4. The van der Waals surface area contributed by atoms with Crippen LogP contribution in [0.4, 0.5) is 0 Å². The molecule has 20 N–H and O–H groups in total. The Balaban J connectivity index is -0.0000000421. The Morgan fingerprint density at radius 3 is 1.02 bits per heavy atom. The molecule has 24 nitrogen and oxygen atoms in total. The highest BCUT2D eigenvalue weighted by Gasteiger charge is 2.26. The number of imide groups is 1. The normalized spacial score (nSPS) is 9.32. The summed E-state index contributed by atoms with van der Waals surface area (Å²) in [5.74, 6) is -2.68. The second kappa shape index (κ2) is 41.7. The van der Waals surface area contributed by atoms with Crippen LogP contribution in [0.15, 0.2) is 0 Å². The number of carboxylic acid groups (broad SMARTS) is 4. The summed E-state index contributed by atoms with van der Waals surface area (Å²) in [6.07, 6.45) is -0.743. The number of carbonyl (C=O) groups excluding carboxylic acids is 4. The Bertz CT molecular complexity index is 683. The summed E-state index contributed by atoms with van der Waals surface area (Å²) in [6, 6.07) is 0. The van der Waals surface area contributed by atoms with Crippen LogP contribution in [0, 0.1) is 0 Å². The third-order valence-corrected chi connectivity index (χ3v) is 2.43. The first-order valence-corrected chi connectivity index (χ1v) is 9.00. The van der Waals surface area contributed by atoms with Crippen LogP contribution in [0.5, 0.6) is 0 Å². The fraction of sp³-hybridized carbons (Fsp3) is 0.500. The van der Waals surface area contributed by atoms with Gasteiger partial charge in [0.25, 0.3) is 17.8 Å². The average molecular weight is 606 g/mol. The number of rotatable bonds is 6. The van der Waals surface area contributed by atoms with E-state index in [4.69, 9.17) is 46.0 Å². The highest BCUT2D eigenvalue weighted by molar-refractivity contribution is 6.00. The van der Waals surface area contributed by atoms with E-state index in [-0.39, 0.29) is 65.5 Å². The molecule has 0 saturated carbocycles. The standard InChI is InChI=1S/C4H7NO4.C4H5NO3.C4H6O4.C2H5NO2.C2H4O2.H3NO.4H2O/c6-3(5-9)1-2-4(7)8;6-3-1-2-4(7)5(3)8;5-3(6)1-2-4(7)8;1-2(4)3-5;1-2(3)4;1-2;;;;/h9H,1-2H2,(H,5,6)(H,7,8);8H,1-2H2;1-2H2,(H,5,6)(H,7,8);5H,1H3,(H,3,4);1H3,(H,3,4);2H,1H2;4*1H2. The smallest absolute Gasteiger partial charge is 0.303 e. The number of hydroxylamine groups is 4. The molecular formula is C16H38N4O20. The molecule has 1 rings (SSSR count). The van der Waals surface area contributed by atoms with Gasteiger partial charge in [0.15, 0.2) is 0 Å². The van der Waals surface area contributed by atoms with Gasteiger partial charge >= 0.3 is 17.9 Å². The summed E-state index contributed by atoms with van der Waals surface area (Å²) in [5.41, 5.74) is 2.71. The summed E-state index contributed by atoms with van der Waals surface area (Å²) in [7, 11) is 0. The predicted octanol–water partition coefficient (Wildman–Crippen LogP) is -5.54. The molecule has 0 aromatic heterocycles. The van der Waals surface area contributed by atoms with Crippen LogP contribution in [0.1, 0.15) is 52.4 Å². The van der Waals surface area contributed by atoms with Gasteiger partial charge in [-0.05, 0) is 0 Å². The maximum atomic E-state index is 10.2. The van der Waals surface area contributed by atoms with Crippen molar-refractivity contribution in [2.75, 3.05) is 0 Å². The number of amides is 4. The Hall–Kier alpha value is -4.40. The van der Waals surface area contributed by atoms with Gasteiger partial charge in [-0.3, -0.25) is 54.0 Å². The molecule has 0 radical (unpaired) electrons. The van der Waals surface area contributed by atoms with Gasteiger partial charge in [0.05, 0.1) is 19.3 Å². The largest absolute Gasteiger partial charge is 0.481 e. The molecule has 1 aliphatic heterocycles.